The molecule has 0 atom stereocenters. The molecule has 5 nitrogen and oxygen atoms in total. The highest BCUT2D eigenvalue weighted by molar-refractivity contribution is 7.98. The van der Waals surface area contributed by atoms with Gasteiger partial charge in [-0.05, 0) is 35.4 Å². The topological polar surface area (TPSA) is 56.5 Å². The molecule has 2 heterocycles. The third-order valence-electron chi connectivity index (χ3n) is 4.24. The van der Waals surface area contributed by atoms with Gasteiger partial charge in [0, 0.05) is 16.7 Å². The van der Waals surface area contributed by atoms with Crippen LogP contribution < -0.4 is 0 Å². The summed E-state index contributed by atoms with van der Waals surface area (Å²) in [5, 5.41) is 14.7. The number of aromatic nitrogens is 5. The van der Waals surface area contributed by atoms with Crippen molar-refractivity contribution in [2.24, 2.45) is 0 Å². The Labute approximate surface area is 143 Å². The number of rotatable bonds is 4. The van der Waals surface area contributed by atoms with Gasteiger partial charge in [-0.2, -0.15) is 0 Å². The first kappa shape index (κ1) is 14.9. The van der Waals surface area contributed by atoms with E-state index in [1.807, 2.05) is 22.9 Å². The van der Waals surface area contributed by atoms with Gasteiger partial charge in [0.1, 0.15) is 5.15 Å². The molecule has 0 N–H and O–H groups in total. The first-order chi connectivity index (χ1) is 11.3. The minimum absolute atomic E-state index is 0.442. The number of hydrogen-bond donors (Lipinski definition) is 0. The lowest BCUT2D eigenvalue weighted by atomic mass is 10.2. The van der Waals surface area contributed by atoms with E-state index >= 15 is 0 Å². The number of halogens is 1. The van der Waals surface area contributed by atoms with E-state index in [2.05, 4.69) is 32.6 Å². The van der Waals surface area contributed by atoms with E-state index in [-0.39, 0.29) is 0 Å². The summed E-state index contributed by atoms with van der Waals surface area (Å²) < 4.78 is 1.97. The van der Waals surface area contributed by atoms with Gasteiger partial charge in [-0.25, -0.2) is 9.67 Å². The monoisotopic (exact) mass is 345 g/mol. The fourth-order valence-electron chi connectivity index (χ4n) is 3.04. The molecule has 0 aliphatic heterocycles. The van der Waals surface area contributed by atoms with Crippen LogP contribution in [0.3, 0.4) is 0 Å². The van der Waals surface area contributed by atoms with Crippen molar-refractivity contribution in [3.05, 3.63) is 41.0 Å². The van der Waals surface area contributed by atoms with Crippen molar-refractivity contribution >= 4 is 34.3 Å². The number of para-hydroxylation sites is 1. The first-order valence-corrected chi connectivity index (χ1v) is 9.12. The highest BCUT2D eigenvalue weighted by atomic mass is 35.5. The molecule has 1 aromatic carbocycles. The van der Waals surface area contributed by atoms with E-state index in [1.54, 1.807) is 11.8 Å². The maximum Gasteiger partial charge on any atom is 0.209 e. The van der Waals surface area contributed by atoms with Crippen molar-refractivity contribution < 1.29 is 0 Å². The molecule has 0 unspecified atom stereocenters. The van der Waals surface area contributed by atoms with Crippen molar-refractivity contribution in [2.45, 2.75) is 42.6 Å². The maximum absolute atomic E-state index is 6.33. The Balaban J connectivity index is 1.55. The minimum Gasteiger partial charge on any atom is -0.236 e. The van der Waals surface area contributed by atoms with E-state index in [1.165, 1.54) is 12.8 Å². The Morgan fingerprint density at radius 2 is 2.04 bits per heavy atom. The Morgan fingerprint density at radius 3 is 2.91 bits per heavy atom. The molecule has 0 bridgehead atoms. The van der Waals surface area contributed by atoms with Gasteiger partial charge in [-0.15, -0.1) is 5.10 Å². The summed E-state index contributed by atoms with van der Waals surface area (Å²) in [6.07, 6.45) is 4.85. The lowest BCUT2D eigenvalue weighted by Gasteiger charge is -2.11. The van der Waals surface area contributed by atoms with Crippen LogP contribution in [0, 0.1) is 0 Å². The Hall–Kier alpha value is -1.66. The summed E-state index contributed by atoms with van der Waals surface area (Å²) in [6.45, 7) is 0. The maximum atomic E-state index is 6.33. The van der Waals surface area contributed by atoms with Crippen LogP contribution in [0.15, 0.2) is 35.5 Å². The smallest absolute Gasteiger partial charge is 0.209 e. The van der Waals surface area contributed by atoms with Crippen molar-refractivity contribution in [1.29, 1.82) is 0 Å². The van der Waals surface area contributed by atoms with Gasteiger partial charge in [0.05, 0.1) is 11.6 Å². The molecule has 1 aliphatic rings. The summed E-state index contributed by atoms with van der Waals surface area (Å²) in [5.74, 6) is 0.712. The summed E-state index contributed by atoms with van der Waals surface area (Å²) >= 11 is 7.95. The second-order valence-electron chi connectivity index (χ2n) is 5.76. The lowest BCUT2D eigenvalue weighted by molar-refractivity contribution is 0.423. The second kappa shape index (κ2) is 6.45. The van der Waals surface area contributed by atoms with Gasteiger partial charge >= 0.3 is 0 Å². The Bertz CT molecular complexity index is 828. The molecule has 3 aromatic rings. The van der Waals surface area contributed by atoms with E-state index in [0.717, 1.165) is 34.5 Å². The Kier molecular flexibility index (Phi) is 4.18. The zero-order chi connectivity index (χ0) is 15.6. The molecule has 118 valence electrons. The summed E-state index contributed by atoms with van der Waals surface area (Å²) in [4.78, 5) is 4.47. The fourth-order valence-corrected chi connectivity index (χ4v) is 4.25. The van der Waals surface area contributed by atoms with Gasteiger partial charge in [0.15, 0.2) is 0 Å². The average Bonchev–Trinajstić information content (AvgIpc) is 3.23. The van der Waals surface area contributed by atoms with Crippen molar-refractivity contribution in [3.8, 4) is 0 Å². The van der Waals surface area contributed by atoms with Crippen LogP contribution in [0.25, 0.3) is 10.9 Å². The molecule has 1 fully saturated rings. The molecule has 0 saturated heterocycles. The normalized spacial score (nSPS) is 15.5. The highest BCUT2D eigenvalue weighted by Crippen LogP contribution is 2.33. The molecular weight excluding hydrogens is 330 g/mol. The molecule has 1 aliphatic carbocycles. The number of benzene rings is 1. The Morgan fingerprint density at radius 1 is 1.22 bits per heavy atom. The summed E-state index contributed by atoms with van der Waals surface area (Å²) in [5.41, 5.74) is 1.93. The number of tetrazole rings is 1. The van der Waals surface area contributed by atoms with E-state index in [0.29, 0.717) is 16.9 Å². The van der Waals surface area contributed by atoms with Gasteiger partial charge in [-0.3, -0.25) is 0 Å². The minimum atomic E-state index is 0.442. The SMILES string of the molecule is Clc1nc2ccccc2cc1CSc1nnnn1C1CCCC1. The number of pyridine rings is 1. The largest absolute Gasteiger partial charge is 0.236 e. The molecule has 0 spiro atoms. The zero-order valence-electron chi connectivity index (χ0n) is 12.5. The van der Waals surface area contributed by atoms with Crippen LogP contribution in [-0.2, 0) is 5.75 Å². The quantitative estimate of drug-likeness (QED) is 0.521. The third-order valence-corrected chi connectivity index (χ3v) is 5.55. The average molecular weight is 346 g/mol. The summed E-state index contributed by atoms with van der Waals surface area (Å²) in [7, 11) is 0. The molecule has 1 saturated carbocycles. The van der Waals surface area contributed by atoms with E-state index in [9.17, 15) is 0 Å². The molecule has 23 heavy (non-hydrogen) atoms. The van der Waals surface area contributed by atoms with Crippen LogP contribution in [0.5, 0.6) is 0 Å². The van der Waals surface area contributed by atoms with Crippen molar-refractivity contribution in [2.75, 3.05) is 0 Å². The number of nitrogens with zero attached hydrogens (tertiary/aromatic N) is 5. The third kappa shape index (κ3) is 3.05. The molecule has 2 aromatic heterocycles. The standard InChI is InChI=1S/C16H16ClN5S/c17-15-12(9-11-5-1-4-8-14(11)18-15)10-23-16-19-20-21-22(16)13-6-2-3-7-13/h1,4-5,8-9,13H,2-3,6-7,10H2. The molecule has 0 radical (unpaired) electrons. The highest BCUT2D eigenvalue weighted by Gasteiger charge is 2.21. The number of hydrogen-bond acceptors (Lipinski definition) is 5. The van der Waals surface area contributed by atoms with Crippen molar-refractivity contribution in [3.63, 3.8) is 0 Å². The van der Waals surface area contributed by atoms with Crippen LogP contribution in [-0.4, -0.2) is 25.2 Å². The zero-order valence-corrected chi connectivity index (χ0v) is 14.1. The van der Waals surface area contributed by atoms with Crippen LogP contribution in [0.4, 0.5) is 0 Å². The number of thioether (sulfide) groups is 1. The molecule has 0 amide bonds. The van der Waals surface area contributed by atoms with Gasteiger partial charge < -0.3 is 0 Å². The molecule has 4 rings (SSSR count). The van der Waals surface area contributed by atoms with E-state index in [4.69, 9.17) is 11.6 Å². The van der Waals surface area contributed by atoms with Crippen LogP contribution >= 0.6 is 23.4 Å². The molecular formula is C16H16ClN5S. The second-order valence-corrected chi connectivity index (χ2v) is 7.06. The van der Waals surface area contributed by atoms with Gasteiger partial charge in [0.25, 0.3) is 0 Å². The molecule has 7 heteroatoms. The van der Waals surface area contributed by atoms with E-state index < -0.39 is 0 Å². The van der Waals surface area contributed by atoms with Crippen LogP contribution in [0.2, 0.25) is 5.15 Å². The van der Waals surface area contributed by atoms with Gasteiger partial charge in [-0.1, -0.05) is 54.4 Å². The fraction of sp³-hybridized carbons (Fsp3) is 0.375. The first-order valence-electron chi connectivity index (χ1n) is 7.76. The predicted molar refractivity (Wildman–Crippen MR) is 91.6 cm³/mol. The summed E-state index contributed by atoms with van der Waals surface area (Å²) in [6, 6.07) is 10.5. The number of fused-ring (bicyclic) bond motifs is 1. The van der Waals surface area contributed by atoms with Gasteiger partial charge in [0.2, 0.25) is 5.16 Å². The predicted octanol–water partition coefficient (Wildman–Crippen LogP) is 4.28. The van der Waals surface area contributed by atoms with Crippen molar-refractivity contribution in [1.82, 2.24) is 25.2 Å². The van der Waals surface area contributed by atoms with Crippen LogP contribution in [0.1, 0.15) is 37.3 Å². The lowest BCUT2D eigenvalue weighted by Crippen LogP contribution is -2.08.